The molecule has 1 heterocycles. The third-order valence-corrected chi connectivity index (χ3v) is 3.71. The van der Waals surface area contributed by atoms with Crippen LogP contribution >= 0.6 is 31.9 Å². The van der Waals surface area contributed by atoms with Crippen LogP contribution in [0, 0.1) is 6.92 Å². The van der Waals surface area contributed by atoms with Gasteiger partial charge in [0.15, 0.2) is 6.29 Å². The Hall–Kier alpha value is -0.610. The fraction of sp³-hybridized carbons (Fsp3) is 0.100. The van der Waals surface area contributed by atoms with Crippen LogP contribution in [0.25, 0.3) is 10.9 Å². The second kappa shape index (κ2) is 3.51. The number of carbonyl (C=O) groups excluding carboxylic acids is 1. The first-order valence-electron chi connectivity index (χ1n) is 4.06. The molecule has 0 bridgehead atoms. The van der Waals surface area contributed by atoms with Crippen LogP contribution in [0.5, 0.6) is 0 Å². The van der Waals surface area contributed by atoms with Gasteiger partial charge in [-0.1, -0.05) is 31.9 Å². The topological polar surface area (TPSA) is 32.9 Å². The summed E-state index contributed by atoms with van der Waals surface area (Å²) in [5.41, 5.74) is 2.78. The van der Waals surface area contributed by atoms with Crippen molar-refractivity contribution in [1.82, 2.24) is 4.98 Å². The molecule has 2 nitrogen and oxygen atoms in total. The summed E-state index contributed by atoms with van der Waals surface area (Å²) in [5.74, 6) is 0. The van der Waals surface area contributed by atoms with Gasteiger partial charge in [-0.25, -0.2) is 0 Å². The Labute approximate surface area is 97.9 Å². The maximum absolute atomic E-state index is 10.8. The summed E-state index contributed by atoms with van der Waals surface area (Å²) >= 11 is 6.90. The monoisotopic (exact) mass is 315 g/mol. The van der Waals surface area contributed by atoms with Crippen molar-refractivity contribution in [3.05, 3.63) is 32.3 Å². The lowest BCUT2D eigenvalue weighted by Gasteiger charge is -2.02. The van der Waals surface area contributed by atoms with Crippen LogP contribution in [0.2, 0.25) is 0 Å². The van der Waals surface area contributed by atoms with Crippen LogP contribution in [-0.4, -0.2) is 11.3 Å². The molecule has 0 saturated carbocycles. The number of rotatable bonds is 1. The largest absolute Gasteiger partial charge is 0.360 e. The van der Waals surface area contributed by atoms with E-state index in [9.17, 15) is 4.79 Å². The van der Waals surface area contributed by atoms with Gasteiger partial charge in [-0.2, -0.15) is 0 Å². The van der Waals surface area contributed by atoms with E-state index in [0.717, 1.165) is 31.7 Å². The minimum Gasteiger partial charge on any atom is -0.360 e. The zero-order valence-corrected chi connectivity index (χ0v) is 10.6. The van der Waals surface area contributed by atoms with Crippen molar-refractivity contribution >= 4 is 49.0 Å². The van der Waals surface area contributed by atoms with Gasteiger partial charge in [0.25, 0.3) is 0 Å². The molecule has 14 heavy (non-hydrogen) atoms. The maximum atomic E-state index is 10.8. The Morgan fingerprint density at radius 2 is 2.07 bits per heavy atom. The van der Waals surface area contributed by atoms with E-state index in [4.69, 9.17) is 0 Å². The quantitative estimate of drug-likeness (QED) is 0.797. The van der Waals surface area contributed by atoms with Crippen LogP contribution < -0.4 is 0 Å². The molecular formula is C10H7Br2NO. The van der Waals surface area contributed by atoms with E-state index < -0.39 is 0 Å². The number of aromatic nitrogens is 1. The fourth-order valence-electron chi connectivity index (χ4n) is 1.50. The third kappa shape index (κ3) is 1.33. The summed E-state index contributed by atoms with van der Waals surface area (Å²) in [6.07, 6.45) is 2.58. The van der Waals surface area contributed by atoms with Crippen LogP contribution in [0.3, 0.4) is 0 Å². The summed E-state index contributed by atoms with van der Waals surface area (Å²) in [5, 5.41) is 0.945. The number of fused-ring (bicyclic) bond motifs is 1. The van der Waals surface area contributed by atoms with Gasteiger partial charge >= 0.3 is 0 Å². The van der Waals surface area contributed by atoms with E-state index in [1.165, 1.54) is 0 Å². The molecule has 0 aliphatic carbocycles. The fourth-order valence-corrected chi connectivity index (χ4v) is 2.89. The summed E-state index contributed by atoms with van der Waals surface area (Å²) in [4.78, 5) is 13.9. The summed E-state index contributed by atoms with van der Waals surface area (Å²) < 4.78 is 1.95. The number of aryl methyl sites for hydroxylation is 1. The highest BCUT2D eigenvalue weighted by Crippen LogP contribution is 2.33. The number of hydrogen-bond donors (Lipinski definition) is 1. The first-order chi connectivity index (χ1) is 6.65. The molecule has 0 fully saturated rings. The van der Waals surface area contributed by atoms with Crippen molar-refractivity contribution in [2.75, 3.05) is 0 Å². The summed E-state index contributed by atoms with van der Waals surface area (Å²) in [6.45, 7) is 2.00. The highest BCUT2D eigenvalue weighted by atomic mass is 79.9. The molecule has 1 aromatic carbocycles. The molecule has 1 N–H and O–H groups in total. The SMILES string of the molecule is Cc1c(Br)cc(Br)c2c(C=O)c[nH]c12. The van der Waals surface area contributed by atoms with Gasteiger partial charge in [0, 0.05) is 26.1 Å². The Kier molecular flexibility index (Phi) is 2.49. The highest BCUT2D eigenvalue weighted by Gasteiger charge is 2.11. The van der Waals surface area contributed by atoms with Crippen molar-refractivity contribution in [2.45, 2.75) is 6.92 Å². The molecule has 0 atom stereocenters. The van der Waals surface area contributed by atoms with Crippen molar-refractivity contribution < 1.29 is 4.79 Å². The van der Waals surface area contributed by atoms with E-state index in [1.807, 2.05) is 13.0 Å². The standard InChI is InChI=1S/C10H7Br2NO/c1-5-7(11)2-8(12)9-6(4-14)3-13-10(5)9/h2-4,13H,1H3. The lowest BCUT2D eigenvalue weighted by molar-refractivity contribution is 0.112. The zero-order valence-electron chi connectivity index (χ0n) is 7.40. The van der Waals surface area contributed by atoms with Crippen LogP contribution in [0.1, 0.15) is 15.9 Å². The number of carbonyl (C=O) groups is 1. The molecule has 2 aromatic rings. The van der Waals surface area contributed by atoms with E-state index in [0.29, 0.717) is 5.56 Å². The Morgan fingerprint density at radius 3 is 2.71 bits per heavy atom. The van der Waals surface area contributed by atoms with Crippen molar-refractivity contribution in [3.8, 4) is 0 Å². The Bertz CT molecular complexity index is 516. The Morgan fingerprint density at radius 1 is 1.36 bits per heavy atom. The van der Waals surface area contributed by atoms with Crippen LogP contribution in [0.4, 0.5) is 0 Å². The average molecular weight is 317 g/mol. The van der Waals surface area contributed by atoms with Gasteiger partial charge in [0.2, 0.25) is 0 Å². The molecule has 0 unspecified atom stereocenters. The molecule has 0 aliphatic heterocycles. The van der Waals surface area contributed by atoms with Gasteiger partial charge in [-0.3, -0.25) is 4.79 Å². The second-order valence-corrected chi connectivity index (χ2v) is 4.79. The van der Waals surface area contributed by atoms with Crippen LogP contribution in [0.15, 0.2) is 21.2 Å². The van der Waals surface area contributed by atoms with Gasteiger partial charge in [0.05, 0.1) is 5.52 Å². The molecule has 4 heteroatoms. The van der Waals surface area contributed by atoms with Crippen molar-refractivity contribution in [2.24, 2.45) is 0 Å². The van der Waals surface area contributed by atoms with E-state index in [2.05, 4.69) is 36.8 Å². The summed E-state index contributed by atoms with van der Waals surface area (Å²) in [7, 11) is 0. The molecule has 0 amide bonds. The molecule has 2 rings (SSSR count). The predicted octanol–water partition coefficient (Wildman–Crippen LogP) is 3.81. The number of nitrogens with one attached hydrogen (secondary N) is 1. The molecular weight excluding hydrogens is 310 g/mol. The lowest BCUT2D eigenvalue weighted by Crippen LogP contribution is -1.82. The molecule has 0 aliphatic rings. The maximum Gasteiger partial charge on any atom is 0.152 e. The van der Waals surface area contributed by atoms with Crippen LogP contribution in [-0.2, 0) is 0 Å². The first-order valence-corrected chi connectivity index (χ1v) is 5.64. The third-order valence-electron chi connectivity index (χ3n) is 2.26. The molecule has 0 spiro atoms. The second-order valence-electron chi connectivity index (χ2n) is 3.08. The number of benzene rings is 1. The zero-order chi connectivity index (χ0) is 10.3. The minimum absolute atomic E-state index is 0.683. The molecule has 1 aromatic heterocycles. The van der Waals surface area contributed by atoms with E-state index in [1.54, 1.807) is 6.20 Å². The number of aldehydes is 1. The number of hydrogen-bond acceptors (Lipinski definition) is 1. The number of H-pyrrole nitrogens is 1. The van der Waals surface area contributed by atoms with E-state index in [-0.39, 0.29) is 0 Å². The number of halogens is 2. The van der Waals surface area contributed by atoms with Crippen molar-refractivity contribution in [1.29, 1.82) is 0 Å². The molecule has 72 valence electrons. The average Bonchev–Trinajstić information content (AvgIpc) is 2.58. The van der Waals surface area contributed by atoms with Gasteiger partial charge < -0.3 is 4.98 Å². The highest BCUT2D eigenvalue weighted by molar-refractivity contribution is 9.11. The lowest BCUT2D eigenvalue weighted by atomic mass is 10.1. The first kappa shape index (κ1) is 9.93. The molecule has 0 radical (unpaired) electrons. The Balaban J connectivity index is 2.97. The predicted molar refractivity (Wildman–Crippen MR) is 63.8 cm³/mol. The normalized spacial score (nSPS) is 10.8. The number of aromatic amines is 1. The van der Waals surface area contributed by atoms with Gasteiger partial charge in [0.1, 0.15) is 0 Å². The minimum atomic E-state index is 0.683. The smallest absolute Gasteiger partial charge is 0.152 e. The van der Waals surface area contributed by atoms with Gasteiger partial charge in [-0.15, -0.1) is 0 Å². The molecule has 0 saturated heterocycles. The van der Waals surface area contributed by atoms with Gasteiger partial charge in [-0.05, 0) is 18.6 Å². The van der Waals surface area contributed by atoms with Crippen molar-refractivity contribution in [3.63, 3.8) is 0 Å². The summed E-state index contributed by atoms with van der Waals surface area (Å²) in [6, 6.07) is 1.96. The van der Waals surface area contributed by atoms with E-state index >= 15 is 0 Å².